The molecule has 1 aliphatic rings. The molecule has 1 atom stereocenters. The molecule has 0 aromatic carbocycles. The van der Waals surface area contributed by atoms with Crippen molar-refractivity contribution in [1.29, 1.82) is 0 Å². The van der Waals surface area contributed by atoms with E-state index in [1.54, 1.807) is 6.92 Å². The molecule has 0 radical (unpaired) electrons. The van der Waals surface area contributed by atoms with Gasteiger partial charge in [-0.05, 0) is 13.8 Å². The average Bonchev–Trinajstić information content (AvgIpc) is 2.70. The molecule has 0 aliphatic carbocycles. The lowest BCUT2D eigenvalue weighted by Gasteiger charge is -2.22. The van der Waals surface area contributed by atoms with E-state index in [1.807, 2.05) is 6.92 Å². The lowest BCUT2D eigenvalue weighted by atomic mass is 10.1. The predicted octanol–water partition coefficient (Wildman–Crippen LogP) is 1.01. The van der Waals surface area contributed by atoms with Gasteiger partial charge in [-0.2, -0.15) is 0 Å². The number of hydrogen-bond acceptors (Lipinski definition) is 5. The van der Waals surface area contributed by atoms with Crippen molar-refractivity contribution in [2.24, 2.45) is 0 Å². The van der Waals surface area contributed by atoms with Gasteiger partial charge in [-0.15, -0.1) is 0 Å². The lowest BCUT2D eigenvalue weighted by molar-refractivity contribution is -0.138. The van der Waals surface area contributed by atoms with Crippen LogP contribution < -0.4 is 5.32 Å². The van der Waals surface area contributed by atoms with Crippen molar-refractivity contribution in [2.45, 2.75) is 25.9 Å². The van der Waals surface area contributed by atoms with Gasteiger partial charge in [0.1, 0.15) is 12.2 Å². The fourth-order valence-corrected chi connectivity index (χ4v) is 1.41. The summed E-state index contributed by atoms with van der Waals surface area (Å²) in [5.41, 5.74) is -0.230. The maximum atomic E-state index is 11.4. The van der Waals surface area contributed by atoms with E-state index in [1.165, 1.54) is 0 Å². The van der Waals surface area contributed by atoms with Crippen LogP contribution in [0.15, 0.2) is 12.2 Å². The van der Waals surface area contributed by atoms with Crippen molar-refractivity contribution in [1.82, 2.24) is 5.32 Å². The average molecular weight is 257 g/mol. The Morgan fingerprint density at radius 2 is 2.22 bits per heavy atom. The maximum Gasteiger partial charge on any atom is 0.407 e. The van der Waals surface area contributed by atoms with Crippen LogP contribution in [-0.4, -0.2) is 44.0 Å². The quantitative estimate of drug-likeness (QED) is 0.452. The van der Waals surface area contributed by atoms with Crippen molar-refractivity contribution in [3.63, 3.8) is 0 Å². The fourth-order valence-electron chi connectivity index (χ4n) is 1.41. The Labute approximate surface area is 106 Å². The van der Waals surface area contributed by atoms with E-state index in [9.17, 15) is 9.59 Å². The topological polar surface area (TPSA) is 73.9 Å². The molecule has 6 nitrogen and oxygen atoms in total. The number of esters is 1. The summed E-state index contributed by atoms with van der Waals surface area (Å²) in [7, 11) is 0. The summed E-state index contributed by atoms with van der Waals surface area (Å²) in [4.78, 5) is 22.5. The standard InChI is InChI=1S/C12H19NO5/c1-9(2)10(14)17-7-5-13-11(15)18-12(3)4-6-16-8-12/h1,4-8H2,2-3H3,(H,13,15). The van der Waals surface area contributed by atoms with Gasteiger partial charge >= 0.3 is 12.1 Å². The largest absolute Gasteiger partial charge is 0.460 e. The van der Waals surface area contributed by atoms with Crippen LogP contribution in [0.1, 0.15) is 20.3 Å². The molecule has 0 aromatic heterocycles. The number of hydrogen-bond donors (Lipinski definition) is 1. The van der Waals surface area contributed by atoms with Crippen LogP contribution in [0.3, 0.4) is 0 Å². The van der Waals surface area contributed by atoms with Crippen molar-refractivity contribution >= 4 is 12.1 Å². The van der Waals surface area contributed by atoms with Crippen molar-refractivity contribution in [3.8, 4) is 0 Å². The number of amides is 1. The zero-order valence-electron chi connectivity index (χ0n) is 10.8. The first-order valence-electron chi connectivity index (χ1n) is 5.80. The van der Waals surface area contributed by atoms with E-state index in [4.69, 9.17) is 14.2 Å². The molecule has 18 heavy (non-hydrogen) atoms. The molecule has 0 spiro atoms. The SMILES string of the molecule is C=C(C)C(=O)OCCNC(=O)OC1(C)CCOC1. The summed E-state index contributed by atoms with van der Waals surface area (Å²) >= 11 is 0. The summed E-state index contributed by atoms with van der Waals surface area (Å²) < 4.78 is 15.2. The Hall–Kier alpha value is -1.56. The molecule has 1 saturated heterocycles. The van der Waals surface area contributed by atoms with E-state index in [2.05, 4.69) is 11.9 Å². The first-order chi connectivity index (χ1) is 8.43. The number of alkyl carbamates (subject to hydrolysis) is 1. The molecule has 0 bridgehead atoms. The summed E-state index contributed by atoms with van der Waals surface area (Å²) in [5.74, 6) is -0.471. The van der Waals surface area contributed by atoms with Gasteiger partial charge in [-0.3, -0.25) is 0 Å². The molecule has 1 aliphatic heterocycles. The summed E-state index contributed by atoms with van der Waals surface area (Å²) in [6.07, 6.45) is 0.153. The maximum absolute atomic E-state index is 11.4. The second kappa shape index (κ2) is 6.39. The van der Waals surface area contributed by atoms with Crippen LogP contribution in [-0.2, 0) is 19.0 Å². The molecular weight excluding hydrogens is 238 g/mol. The number of carbonyl (C=O) groups is 2. The Morgan fingerprint density at radius 1 is 1.50 bits per heavy atom. The van der Waals surface area contributed by atoms with Gasteiger partial charge in [0.05, 0.1) is 19.8 Å². The van der Waals surface area contributed by atoms with Gasteiger partial charge in [-0.25, -0.2) is 9.59 Å². The molecule has 1 rings (SSSR count). The molecule has 0 aromatic rings. The molecule has 1 heterocycles. The van der Waals surface area contributed by atoms with Gasteiger partial charge in [0.2, 0.25) is 0 Å². The highest BCUT2D eigenvalue weighted by Crippen LogP contribution is 2.22. The molecule has 102 valence electrons. The molecule has 6 heteroatoms. The fraction of sp³-hybridized carbons (Fsp3) is 0.667. The summed E-state index contributed by atoms with van der Waals surface area (Å²) in [6, 6.07) is 0. The number of ether oxygens (including phenoxy) is 3. The monoisotopic (exact) mass is 257 g/mol. The number of rotatable bonds is 5. The summed E-state index contributed by atoms with van der Waals surface area (Å²) in [5, 5.41) is 2.51. The van der Waals surface area contributed by atoms with Crippen LogP contribution in [0.2, 0.25) is 0 Å². The van der Waals surface area contributed by atoms with E-state index in [-0.39, 0.29) is 13.2 Å². The molecule has 1 N–H and O–H groups in total. The minimum Gasteiger partial charge on any atom is -0.460 e. The predicted molar refractivity (Wildman–Crippen MR) is 64.1 cm³/mol. The normalized spacial score (nSPS) is 22.3. The van der Waals surface area contributed by atoms with Crippen LogP contribution in [0.5, 0.6) is 0 Å². The van der Waals surface area contributed by atoms with E-state index < -0.39 is 17.7 Å². The van der Waals surface area contributed by atoms with E-state index >= 15 is 0 Å². The van der Waals surface area contributed by atoms with Gasteiger partial charge < -0.3 is 19.5 Å². The van der Waals surface area contributed by atoms with Gasteiger partial charge in [-0.1, -0.05) is 6.58 Å². The zero-order chi connectivity index (χ0) is 13.6. The lowest BCUT2D eigenvalue weighted by Crippen LogP contribution is -2.38. The Balaban J connectivity index is 2.14. The highest BCUT2D eigenvalue weighted by Gasteiger charge is 2.33. The first-order valence-corrected chi connectivity index (χ1v) is 5.80. The molecule has 1 amide bonds. The summed E-state index contributed by atoms with van der Waals surface area (Å²) in [6.45, 7) is 8.13. The van der Waals surface area contributed by atoms with Gasteiger partial charge in [0.25, 0.3) is 0 Å². The van der Waals surface area contributed by atoms with Crippen LogP contribution in [0.25, 0.3) is 0 Å². The first kappa shape index (κ1) is 14.5. The third kappa shape index (κ3) is 4.75. The van der Waals surface area contributed by atoms with Crippen molar-refractivity contribution in [2.75, 3.05) is 26.4 Å². The smallest absolute Gasteiger partial charge is 0.407 e. The minimum atomic E-state index is -0.557. The van der Waals surface area contributed by atoms with E-state index in [0.717, 1.165) is 0 Å². The van der Waals surface area contributed by atoms with Crippen LogP contribution in [0, 0.1) is 0 Å². The molecule has 0 saturated carbocycles. The highest BCUT2D eigenvalue weighted by atomic mass is 16.6. The van der Waals surface area contributed by atoms with Gasteiger partial charge in [0.15, 0.2) is 0 Å². The zero-order valence-corrected chi connectivity index (χ0v) is 10.8. The Kier molecular flexibility index (Phi) is 5.15. The van der Waals surface area contributed by atoms with Crippen LogP contribution >= 0.6 is 0 Å². The third-order valence-corrected chi connectivity index (χ3v) is 2.47. The van der Waals surface area contributed by atoms with E-state index in [0.29, 0.717) is 25.2 Å². The molecule has 1 unspecified atom stereocenters. The van der Waals surface area contributed by atoms with Gasteiger partial charge in [0, 0.05) is 12.0 Å². The second-order valence-electron chi connectivity index (χ2n) is 4.49. The van der Waals surface area contributed by atoms with Crippen molar-refractivity contribution < 1.29 is 23.8 Å². The Bertz CT molecular complexity index is 333. The Morgan fingerprint density at radius 3 is 2.78 bits per heavy atom. The molecule has 1 fully saturated rings. The van der Waals surface area contributed by atoms with Crippen LogP contribution in [0.4, 0.5) is 4.79 Å². The second-order valence-corrected chi connectivity index (χ2v) is 4.49. The third-order valence-electron chi connectivity index (χ3n) is 2.47. The van der Waals surface area contributed by atoms with Crippen molar-refractivity contribution in [3.05, 3.63) is 12.2 Å². The highest BCUT2D eigenvalue weighted by molar-refractivity contribution is 5.86. The minimum absolute atomic E-state index is 0.0913. The molecular formula is C12H19NO5. The number of carbonyl (C=O) groups excluding carboxylic acids is 2. The number of nitrogens with one attached hydrogen (secondary N) is 1.